The number of hydrogen-bond donors (Lipinski definition) is 1. The van der Waals surface area contributed by atoms with Crippen LogP contribution in [0.4, 0.5) is 0 Å². The highest BCUT2D eigenvalue weighted by Crippen LogP contribution is 2.39. The van der Waals surface area contributed by atoms with Crippen LogP contribution in [0.15, 0.2) is 60.2 Å². The Hall–Kier alpha value is -2.67. The van der Waals surface area contributed by atoms with Gasteiger partial charge in [0.25, 0.3) is 11.7 Å². The van der Waals surface area contributed by atoms with Gasteiger partial charge < -0.3 is 14.7 Å². The minimum atomic E-state index is -0.660. The van der Waals surface area contributed by atoms with Crippen molar-refractivity contribution in [3.63, 3.8) is 0 Å². The Morgan fingerprint density at radius 3 is 2.35 bits per heavy atom. The van der Waals surface area contributed by atoms with E-state index in [1.165, 1.54) is 0 Å². The summed E-state index contributed by atoms with van der Waals surface area (Å²) in [5.41, 5.74) is 1.37. The van der Waals surface area contributed by atoms with E-state index in [4.69, 9.17) is 16.3 Å². The number of benzene rings is 2. The van der Waals surface area contributed by atoms with E-state index in [0.29, 0.717) is 30.3 Å². The molecule has 2 saturated heterocycles. The standard InChI is InChI=1S/C24H25ClN2O4/c25-19-9-7-17(8-10-19)21-20(22(28)18-5-2-1-3-6-18)23(29)24(30)27(21)12-4-11-26-13-15-31-16-14-26/h1-3,5-10,21,28H,4,11-16H2/b22-20-. The molecule has 0 saturated carbocycles. The highest BCUT2D eigenvalue weighted by Gasteiger charge is 2.45. The van der Waals surface area contributed by atoms with Crippen LogP contribution >= 0.6 is 11.6 Å². The van der Waals surface area contributed by atoms with Crippen LogP contribution in [0.25, 0.3) is 5.76 Å². The SMILES string of the molecule is O=C1C(=O)N(CCCN2CCOCC2)C(c2ccc(Cl)cc2)/C1=C(/O)c1ccccc1. The predicted molar refractivity (Wildman–Crippen MR) is 119 cm³/mol. The van der Waals surface area contributed by atoms with Gasteiger partial charge >= 0.3 is 0 Å². The maximum absolute atomic E-state index is 13.0. The minimum Gasteiger partial charge on any atom is -0.507 e. The van der Waals surface area contributed by atoms with Crippen LogP contribution in [0, 0.1) is 0 Å². The largest absolute Gasteiger partial charge is 0.507 e. The summed E-state index contributed by atoms with van der Waals surface area (Å²) in [5.74, 6) is -1.40. The average molecular weight is 441 g/mol. The van der Waals surface area contributed by atoms with Crippen molar-refractivity contribution in [1.29, 1.82) is 0 Å². The number of likely N-dealkylation sites (tertiary alicyclic amines) is 1. The zero-order valence-electron chi connectivity index (χ0n) is 17.2. The van der Waals surface area contributed by atoms with Crippen LogP contribution in [0.3, 0.4) is 0 Å². The zero-order chi connectivity index (χ0) is 21.8. The molecule has 0 aliphatic carbocycles. The number of morpholine rings is 1. The van der Waals surface area contributed by atoms with Crippen molar-refractivity contribution in [1.82, 2.24) is 9.80 Å². The number of amides is 1. The summed E-state index contributed by atoms with van der Waals surface area (Å²) in [7, 11) is 0. The van der Waals surface area contributed by atoms with Gasteiger partial charge in [-0.1, -0.05) is 54.1 Å². The van der Waals surface area contributed by atoms with Gasteiger partial charge in [0.05, 0.1) is 24.8 Å². The van der Waals surface area contributed by atoms with Crippen molar-refractivity contribution in [3.05, 3.63) is 76.3 Å². The van der Waals surface area contributed by atoms with E-state index in [-0.39, 0.29) is 11.3 Å². The molecule has 0 spiro atoms. The van der Waals surface area contributed by atoms with Crippen molar-refractivity contribution < 1.29 is 19.4 Å². The molecule has 4 rings (SSSR count). The normalized spacial score (nSPS) is 21.6. The van der Waals surface area contributed by atoms with Crippen molar-refractivity contribution >= 4 is 29.1 Å². The van der Waals surface area contributed by atoms with E-state index >= 15 is 0 Å². The molecule has 1 atom stereocenters. The Labute approximate surface area is 186 Å². The van der Waals surface area contributed by atoms with Gasteiger partial charge in [-0.3, -0.25) is 14.5 Å². The summed E-state index contributed by atoms with van der Waals surface area (Å²) >= 11 is 6.05. The first-order valence-electron chi connectivity index (χ1n) is 10.5. The van der Waals surface area contributed by atoms with E-state index in [1.54, 1.807) is 53.4 Å². The van der Waals surface area contributed by atoms with E-state index in [0.717, 1.165) is 31.6 Å². The fraction of sp³-hybridized carbons (Fsp3) is 0.333. The summed E-state index contributed by atoms with van der Waals surface area (Å²) in [5, 5.41) is 11.5. The third kappa shape index (κ3) is 4.66. The van der Waals surface area contributed by atoms with Crippen LogP contribution in [-0.4, -0.2) is 66.0 Å². The van der Waals surface area contributed by atoms with Crippen molar-refractivity contribution in [2.45, 2.75) is 12.5 Å². The van der Waals surface area contributed by atoms with Crippen LogP contribution in [-0.2, 0) is 14.3 Å². The second kappa shape index (κ2) is 9.64. The first-order chi connectivity index (χ1) is 15.1. The third-order valence-corrected chi connectivity index (χ3v) is 6.00. The molecule has 2 heterocycles. The first-order valence-corrected chi connectivity index (χ1v) is 10.8. The maximum Gasteiger partial charge on any atom is 0.295 e. The van der Waals surface area contributed by atoms with Gasteiger partial charge in [0.2, 0.25) is 0 Å². The number of Topliss-reactive ketones (excluding diaryl/α,β-unsaturated/α-hetero) is 1. The Morgan fingerprint density at radius 2 is 1.68 bits per heavy atom. The molecule has 0 bridgehead atoms. The Kier molecular flexibility index (Phi) is 6.70. The molecular weight excluding hydrogens is 416 g/mol. The highest BCUT2D eigenvalue weighted by atomic mass is 35.5. The maximum atomic E-state index is 13.0. The van der Waals surface area contributed by atoms with Crippen LogP contribution in [0.2, 0.25) is 5.02 Å². The molecule has 2 aliphatic rings. The fourth-order valence-electron chi connectivity index (χ4n) is 4.14. The number of nitrogens with zero attached hydrogens (tertiary/aromatic N) is 2. The number of rotatable bonds is 6. The van der Waals surface area contributed by atoms with Crippen molar-refractivity contribution in [3.8, 4) is 0 Å². The fourth-order valence-corrected chi connectivity index (χ4v) is 4.27. The summed E-state index contributed by atoms with van der Waals surface area (Å²) < 4.78 is 5.38. The molecule has 7 heteroatoms. The van der Waals surface area contributed by atoms with E-state index in [9.17, 15) is 14.7 Å². The first kappa shape index (κ1) is 21.6. The summed E-state index contributed by atoms with van der Waals surface area (Å²) in [4.78, 5) is 29.8. The van der Waals surface area contributed by atoms with Crippen LogP contribution in [0.1, 0.15) is 23.6 Å². The third-order valence-electron chi connectivity index (χ3n) is 5.75. The number of halogens is 1. The lowest BCUT2D eigenvalue weighted by molar-refractivity contribution is -0.140. The second-order valence-electron chi connectivity index (χ2n) is 7.72. The lowest BCUT2D eigenvalue weighted by atomic mass is 9.95. The molecule has 1 amide bonds. The molecule has 162 valence electrons. The molecule has 1 unspecified atom stereocenters. The van der Waals surface area contributed by atoms with Gasteiger partial charge in [-0.15, -0.1) is 0 Å². The van der Waals surface area contributed by atoms with E-state index < -0.39 is 17.7 Å². The highest BCUT2D eigenvalue weighted by molar-refractivity contribution is 6.46. The molecule has 0 aromatic heterocycles. The Balaban J connectivity index is 1.65. The van der Waals surface area contributed by atoms with Gasteiger partial charge in [-0.05, 0) is 24.1 Å². The Morgan fingerprint density at radius 1 is 1.00 bits per heavy atom. The second-order valence-corrected chi connectivity index (χ2v) is 8.15. The van der Waals surface area contributed by atoms with Crippen molar-refractivity contribution in [2.24, 2.45) is 0 Å². The van der Waals surface area contributed by atoms with Gasteiger partial charge in [-0.25, -0.2) is 0 Å². The average Bonchev–Trinajstić information content (AvgIpc) is 3.05. The van der Waals surface area contributed by atoms with E-state index in [1.807, 2.05) is 6.07 Å². The number of hydrogen-bond acceptors (Lipinski definition) is 5. The zero-order valence-corrected chi connectivity index (χ0v) is 17.9. The molecule has 2 aliphatic heterocycles. The predicted octanol–water partition coefficient (Wildman–Crippen LogP) is 3.48. The molecule has 31 heavy (non-hydrogen) atoms. The molecular formula is C24H25ClN2O4. The molecule has 2 aromatic carbocycles. The summed E-state index contributed by atoms with van der Waals surface area (Å²) in [6.07, 6.45) is 0.725. The molecule has 2 fully saturated rings. The minimum absolute atomic E-state index is 0.116. The van der Waals surface area contributed by atoms with E-state index in [2.05, 4.69) is 4.90 Å². The van der Waals surface area contributed by atoms with Crippen LogP contribution < -0.4 is 0 Å². The van der Waals surface area contributed by atoms with Crippen LogP contribution in [0.5, 0.6) is 0 Å². The van der Waals surface area contributed by atoms with Gasteiger partial charge in [0, 0.05) is 36.8 Å². The topological polar surface area (TPSA) is 70.1 Å². The summed E-state index contributed by atoms with van der Waals surface area (Å²) in [6, 6.07) is 15.2. The number of ketones is 1. The van der Waals surface area contributed by atoms with Gasteiger partial charge in [0.15, 0.2) is 0 Å². The Bertz CT molecular complexity index is 969. The molecule has 6 nitrogen and oxygen atoms in total. The number of carbonyl (C=O) groups is 2. The summed E-state index contributed by atoms with van der Waals surface area (Å²) in [6.45, 7) is 4.40. The van der Waals surface area contributed by atoms with Crippen molar-refractivity contribution in [2.75, 3.05) is 39.4 Å². The monoisotopic (exact) mass is 440 g/mol. The lowest BCUT2D eigenvalue weighted by Crippen LogP contribution is -2.38. The number of carbonyl (C=O) groups excluding carboxylic acids is 2. The van der Waals surface area contributed by atoms with Gasteiger partial charge in [0.1, 0.15) is 5.76 Å². The number of aliphatic hydroxyl groups excluding tert-OH is 1. The molecule has 1 N–H and O–H groups in total. The lowest BCUT2D eigenvalue weighted by Gasteiger charge is -2.29. The quantitative estimate of drug-likeness (QED) is 0.423. The number of aliphatic hydroxyl groups is 1. The molecule has 0 radical (unpaired) electrons. The smallest absolute Gasteiger partial charge is 0.295 e. The van der Waals surface area contributed by atoms with Gasteiger partial charge in [-0.2, -0.15) is 0 Å². The molecule has 2 aromatic rings. The number of ether oxygens (including phenoxy) is 1.